The number of rotatable bonds is 2. The molecule has 0 fully saturated rings. The van der Waals surface area contributed by atoms with E-state index in [0.29, 0.717) is 5.57 Å². The van der Waals surface area contributed by atoms with Gasteiger partial charge in [-0.25, -0.2) is 9.88 Å². The molecule has 1 aliphatic rings. The highest BCUT2D eigenvalue weighted by atomic mass is 28.3. The van der Waals surface area contributed by atoms with Crippen molar-refractivity contribution in [3.8, 4) is 12.5 Å². The lowest BCUT2D eigenvalue weighted by Crippen LogP contribution is -2.37. The summed E-state index contributed by atoms with van der Waals surface area (Å²) in [4.78, 5) is 21.3. The van der Waals surface area contributed by atoms with Crippen LogP contribution in [-0.2, 0) is 4.79 Å². The van der Waals surface area contributed by atoms with Crippen molar-refractivity contribution in [3.63, 3.8) is 0 Å². The van der Waals surface area contributed by atoms with Crippen LogP contribution in [0, 0.1) is 19.4 Å². The zero-order chi connectivity index (χ0) is 16.8. The zero-order valence-electron chi connectivity index (χ0n) is 13.8. The minimum atomic E-state index is -1.48. The summed E-state index contributed by atoms with van der Waals surface area (Å²) >= 11 is 0. The molecule has 5 heteroatoms. The molecule has 3 rings (SSSR count). The smallest absolute Gasteiger partial charge is 0.270 e. The number of benzene rings is 1. The van der Waals surface area contributed by atoms with Crippen molar-refractivity contribution in [2.45, 2.75) is 26.6 Å². The lowest BCUT2D eigenvalue weighted by atomic mass is 10.1. The van der Waals surface area contributed by atoms with Crippen molar-refractivity contribution in [2.24, 2.45) is 0 Å². The second-order valence-electron chi connectivity index (χ2n) is 6.71. The van der Waals surface area contributed by atoms with Crippen LogP contribution in [0.2, 0.25) is 19.6 Å². The number of aromatic amines is 1. The molecule has 1 amide bonds. The number of carbonyl (C=O) groups is 1. The van der Waals surface area contributed by atoms with Crippen molar-refractivity contribution < 1.29 is 4.79 Å². The number of aryl methyl sites for hydroxylation is 1. The minimum absolute atomic E-state index is 0.163. The van der Waals surface area contributed by atoms with Gasteiger partial charge in [0.15, 0.2) is 0 Å². The summed E-state index contributed by atoms with van der Waals surface area (Å²) in [6.45, 7) is 8.76. The van der Waals surface area contributed by atoms with Gasteiger partial charge in [0.05, 0.1) is 37.0 Å². The Hall–Kier alpha value is -2.58. The molecule has 0 aliphatic carbocycles. The second-order valence-corrected chi connectivity index (χ2v) is 11.8. The Labute approximate surface area is 137 Å². The second kappa shape index (κ2) is 5.25. The van der Waals surface area contributed by atoms with Crippen LogP contribution in [0.1, 0.15) is 17.0 Å². The maximum Gasteiger partial charge on any atom is 0.270 e. The summed E-state index contributed by atoms with van der Waals surface area (Å²) in [7, 11) is -1.48. The van der Waals surface area contributed by atoms with Crippen LogP contribution in [-0.4, -0.2) is 23.9 Å². The van der Waals surface area contributed by atoms with Gasteiger partial charge in [0.1, 0.15) is 0 Å². The molecule has 116 valence electrons. The van der Waals surface area contributed by atoms with Crippen LogP contribution >= 0.6 is 0 Å². The molecule has 0 saturated heterocycles. The number of carbonyl (C=O) groups excluding carboxylic acids is 1. The number of anilines is 1. The van der Waals surface area contributed by atoms with Crippen molar-refractivity contribution in [3.05, 3.63) is 41.5 Å². The van der Waals surface area contributed by atoms with Gasteiger partial charge in [0.2, 0.25) is 0 Å². The van der Waals surface area contributed by atoms with Gasteiger partial charge in [-0.2, -0.15) is 0 Å². The van der Waals surface area contributed by atoms with Crippen molar-refractivity contribution in [2.75, 3.05) is 4.90 Å². The highest BCUT2D eigenvalue weighted by Gasteiger charge is 2.33. The fourth-order valence-electron chi connectivity index (χ4n) is 2.69. The summed E-state index contributed by atoms with van der Waals surface area (Å²) in [6, 6.07) is 8.65. The van der Waals surface area contributed by atoms with Gasteiger partial charge in [-0.3, -0.25) is 4.79 Å². The third-order valence-electron chi connectivity index (χ3n) is 4.11. The molecule has 1 aromatic carbocycles. The van der Waals surface area contributed by atoms with Gasteiger partial charge in [0.25, 0.3) is 5.91 Å². The number of H-pyrrole nitrogens is 1. The Kier molecular flexibility index (Phi) is 3.50. The van der Waals surface area contributed by atoms with E-state index in [1.165, 1.54) is 10.1 Å². The highest BCUT2D eigenvalue weighted by molar-refractivity contribution is 6.88. The fourth-order valence-corrected chi connectivity index (χ4v) is 3.85. The van der Waals surface area contributed by atoms with E-state index in [2.05, 4.69) is 47.8 Å². The van der Waals surface area contributed by atoms with Crippen LogP contribution in [0.25, 0.3) is 11.6 Å². The standard InChI is InChI=1S/C18H19N3OSi/c1-6-21-17-8-7-13(23(3,4)5)9-14(17)15(18(21)22)10-16-12(2)19-11-20-16/h1,7-11H,2-5H3,(H,19,20)/b15-10-. The first-order valence-electron chi connectivity index (χ1n) is 7.50. The zero-order valence-corrected chi connectivity index (χ0v) is 14.8. The molecule has 0 atom stereocenters. The summed E-state index contributed by atoms with van der Waals surface area (Å²) < 4.78 is 0. The normalized spacial score (nSPS) is 15.9. The van der Waals surface area contributed by atoms with Crippen molar-refractivity contribution >= 4 is 36.5 Å². The van der Waals surface area contributed by atoms with Crippen LogP contribution in [0.4, 0.5) is 5.69 Å². The molecule has 1 aromatic heterocycles. The maximum atomic E-state index is 12.7. The molecule has 0 bridgehead atoms. The Morgan fingerprint density at radius 1 is 1.35 bits per heavy atom. The molecule has 2 heterocycles. The molecule has 0 saturated carbocycles. The molecule has 1 N–H and O–H groups in total. The average Bonchev–Trinajstić information content (AvgIpc) is 3.00. The number of imidazole rings is 1. The van der Waals surface area contributed by atoms with Gasteiger partial charge >= 0.3 is 0 Å². The van der Waals surface area contributed by atoms with Crippen LogP contribution in [0.3, 0.4) is 0 Å². The molecular formula is C18H19N3OSi. The lowest BCUT2D eigenvalue weighted by molar-refractivity contribution is -0.112. The Morgan fingerprint density at radius 3 is 2.65 bits per heavy atom. The predicted octanol–water partition coefficient (Wildman–Crippen LogP) is 2.74. The van der Waals surface area contributed by atoms with Crippen molar-refractivity contribution in [1.82, 2.24) is 9.97 Å². The molecule has 0 radical (unpaired) electrons. The quantitative estimate of drug-likeness (QED) is 0.525. The van der Waals surface area contributed by atoms with Crippen LogP contribution in [0.15, 0.2) is 24.5 Å². The van der Waals surface area contributed by atoms with E-state index >= 15 is 0 Å². The number of aromatic nitrogens is 2. The van der Waals surface area contributed by atoms with Gasteiger partial charge in [0, 0.05) is 11.6 Å². The summed E-state index contributed by atoms with van der Waals surface area (Å²) in [5, 5.41) is 1.30. The number of nitrogens with zero attached hydrogens (tertiary/aromatic N) is 2. The summed E-state index contributed by atoms with van der Waals surface area (Å²) in [5.74, 6) is -0.163. The Balaban J connectivity index is 2.21. The van der Waals surface area contributed by atoms with E-state index in [9.17, 15) is 4.79 Å². The monoisotopic (exact) mass is 321 g/mol. The van der Waals surface area contributed by atoms with Crippen molar-refractivity contribution in [1.29, 1.82) is 0 Å². The van der Waals surface area contributed by atoms with E-state index in [1.54, 1.807) is 6.33 Å². The molecule has 0 spiro atoms. The first kappa shape index (κ1) is 15.3. The maximum absolute atomic E-state index is 12.7. The largest absolute Gasteiger partial charge is 0.345 e. The van der Waals surface area contributed by atoms with Gasteiger partial charge in [-0.05, 0) is 19.1 Å². The van der Waals surface area contributed by atoms with E-state index in [0.717, 1.165) is 22.6 Å². The average molecular weight is 321 g/mol. The Morgan fingerprint density at radius 2 is 2.09 bits per heavy atom. The van der Waals surface area contributed by atoms with E-state index in [4.69, 9.17) is 6.42 Å². The summed E-state index contributed by atoms with van der Waals surface area (Å²) in [6.07, 6.45) is 9.01. The predicted molar refractivity (Wildman–Crippen MR) is 96.9 cm³/mol. The van der Waals surface area contributed by atoms with E-state index < -0.39 is 8.07 Å². The Bertz CT molecular complexity index is 865. The third-order valence-corrected chi connectivity index (χ3v) is 6.16. The van der Waals surface area contributed by atoms with E-state index in [-0.39, 0.29) is 5.91 Å². The number of hydrogen-bond acceptors (Lipinski definition) is 2. The first-order chi connectivity index (χ1) is 10.8. The fraction of sp³-hybridized carbons (Fsp3) is 0.222. The lowest BCUT2D eigenvalue weighted by Gasteiger charge is -2.18. The molecule has 4 nitrogen and oxygen atoms in total. The highest BCUT2D eigenvalue weighted by Crippen LogP contribution is 2.37. The van der Waals surface area contributed by atoms with Crippen LogP contribution in [0.5, 0.6) is 0 Å². The van der Waals surface area contributed by atoms with E-state index in [1.807, 2.05) is 19.1 Å². The number of hydrogen-bond donors (Lipinski definition) is 1. The number of terminal acetylenes is 1. The molecule has 1 aliphatic heterocycles. The third kappa shape index (κ3) is 2.51. The summed E-state index contributed by atoms with van der Waals surface area (Å²) in [5.41, 5.74) is 3.99. The number of nitrogens with one attached hydrogen (secondary N) is 1. The number of fused-ring (bicyclic) bond motifs is 1. The first-order valence-corrected chi connectivity index (χ1v) is 11.0. The van der Waals surface area contributed by atoms with Gasteiger partial charge in [-0.15, -0.1) is 0 Å². The van der Waals surface area contributed by atoms with Gasteiger partial charge in [-0.1, -0.05) is 43.4 Å². The molecule has 0 unspecified atom stereocenters. The SMILES string of the molecule is C#CN1C(=O)/C(=C\c2[nH]cnc2C)c2cc([Si](C)(C)C)ccc21. The topological polar surface area (TPSA) is 49.0 Å². The van der Waals surface area contributed by atoms with Gasteiger partial charge < -0.3 is 4.98 Å². The molecule has 2 aromatic rings. The molecular weight excluding hydrogens is 302 g/mol. The van der Waals surface area contributed by atoms with Crippen LogP contribution < -0.4 is 10.1 Å². The number of amides is 1. The molecule has 23 heavy (non-hydrogen) atoms. The minimum Gasteiger partial charge on any atom is -0.345 e.